The van der Waals surface area contributed by atoms with Crippen molar-refractivity contribution in [3.63, 3.8) is 0 Å². The second kappa shape index (κ2) is 7.51. The molecule has 9 heteroatoms. The molecule has 2 amide bonds. The zero-order valence-corrected chi connectivity index (χ0v) is 16.2. The first kappa shape index (κ1) is 18.3. The molecule has 2 N–H and O–H groups in total. The summed E-state index contributed by atoms with van der Waals surface area (Å²) in [4.78, 5) is 22.2. The third-order valence-corrected chi connectivity index (χ3v) is 5.04. The van der Waals surface area contributed by atoms with Crippen molar-refractivity contribution < 1.29 is 14.3 Å². The molecule has 4 rings (SSSR count). The van der Waals surface area contributed by atoms with Crippen LogP contribution in [0.15, 0.2) is 24.5 Å². The minimum absolute atomic E-state index is 0.167. The number of aromatic nitrogens is 4. The summed E-state index contributed by atoms with van der Waals surface area (Å²) in [6.45, 7) is 2.06. The monoisotopic (exact) mass is 384 g/mol. The molecule has 1 aliphatic heterocycles. The Bertz CT molecular complexity index is 995. The molecular formula is C19H24N6O3. The number of imidazole rings is 1. The van der Waals surface area contributed by atoms with Crippen molar-refractivity contribution >= 4 is 23.0 Å². The summed E-state index contributed by atoms with van der Waals surface area (Å²) < 4.78 is 12.4. The molecule has 9 nitrogen and oxygen atoms in total. The smallest absolute Gasteiger partial charge is 0.324 e. The van der Waals surface area contributed by atoms with Crippen molar-refractivity contribution in [1.82, 2.24) is 24.6 Å². The minimum Gasteiger partial charge on any atom is -0.494 e. The number of methoxy groups -OCH3 is 2. The first-order valence-corrected chi connectivity index (χ1v) is 9.19. The van der Waals surface area contributed by atoms with Crippen molar-refractivity contribution in [2.75, 3.05) is 39.2 Å². The fourth-order valence-corrected chi connectivity index (χ4v) is 3.66. The third kappa shape index (κ3) is 3.40. The zero-order valence-electron chi connectivity index (χ0n) is 16.2. The topological polar surface area (TPSA) is 97.3 Å². The number of aromatic amines is 1. The van der Waals surface area contributed by atoms with Gasteiger partial charge in [0, 0.05) is 50.5 Å². The minimum atomic E-state index is -0.167. The average Bonchev–Trinajstić information content (AvgIpc) is 3.40. The third-order valence-electron chi connectivity index (χ3n) is 5.04. The summed E-state index contributed by atoms with van der Waals surface area (Å²) in [5, 5.41) is 7.11. The van der Waals surface area contributed by atoms with E-state index in [9.17, 15) is 4.79 Å². The van der Waals surface area contributed by atoms with E-state index in [1.165, 1.54) is 0 Å². The number of H-pyrrole nitrogens is 1. The fraction of sp³-hybridized carbons (Fsp3) is 0.421. The van der Waals surface area contributed by atoms with E-state index < -0.39 is 0 Å². The predicted molar refractivity (Wildman–Crippen MR) is 105 cm³/mol. The highest BCUT2D eigenvalue weighted by atomic mass is 16.5. The SMILES string of the molecule is COCC1CCN(C(=O)Nc2nc3c(-c4cnn(C)c4)ccc(OC)c3[nH]2)C1. The van der Waals surface area contributed by atoms with E-state index in [4.69, 9.17) is 9.47 Å². The fourth-order valence-electron chi connectivity index (χ4n) is 3.66. The first-order valence-electron chi connectivity index (χ1n) is 9.19. The highest BCUT2D eigenvalue weighted by Crippen LogP contribution is 2.33. The molecule has 3 aromatic rings. The van der Waals surface area contributed by atoms with Gasteiger partial charge in [0.15, 0.2) is 0 Å². The molecule has 1 fully saturated rings. The van der Waals surface area contributed by atoms with Crippen LogP contribution in [0.4, 0.5) is 10.7 Å². The van der Waals surface area contributed by atoms with Gasteiger partial charge in [-0.05, 0) is 18.6 Å². The van der Waals surface area contributed by atoms with E-state index in [0.717, 1.165) is 28.6 Å². The number of likely N-dealkylation sites (tertiary alicyclic amines) is 1. The molecule has 0 saturated carbocycles. The van der Waals surface area contributed by atoms with Gasteiger partial charge in [-0.2, -0.15) is 5.10 Å². The van der Waals surface area contributed by atoms with Crippen LogP contribution < -0.4 is 10.1 Å². The predicted octanol–water partition coefficient (Wildman–Crippen LogP) is 2.47. The summed E-state index contributed by atoms with van der Waals surface area (Å²) >= 11 is 0. The van der Waals surface area contributed by atoms with Gasteiger partial charge < -0.3 is 19.4 Å². The van der Waals surface area contributed by atoms with Crippen LogP contribution in [-0.4, -0.2) is 64.6 Å². The summed E-state index contributed by atoms with van der Waals surface area (Å²) in [6.07, 6.45) is 4.66. The van der Waals surface area contributed by atoms with Crippen molar-refractivity contribution in [3.05, 3.63) is 24.5 Å². The number of carbonyl (C=O) groups excluding carboxylic acids is 1. The molecule has 148 valence electrons. The number of hydrogen-bond acceptors (Lipinski definition) is 5. The van der Waals surface area contributed by atoms with Gasteiger partial charge in [0.2, 0.25) is 5.95 Å². The highest BCUT2D eigenvalue weighted by molar-refractivity contribution is 5.98. The van der Waals surface area contributed by atoms with Crippen LogP contribution in [0, 0.1) is 5.92 Å². The van der Waals surface area contributed by atoms with Crippen LogP contribution in [-0.2, 0) is 11.8 Å². The number of carbonyl (C=O) groups is 1. The standard InChI is InChI=1S/C19H24N6O3/c1-24-10-13(8-20-24)14-4-5-15(28-3)17-16(14)21-18(22-17)23-19(26)25-7-6-12(9-25)11-27-2/h4-5,8,10,12H,6-7,9,11H2,1-3H3,(H2,21,22,23,26). The van der Waals surface area contributed by atoms with Crippen molar-refractivity contribution in [2.45, 2.75) is 6.42 Å². The van der Waals surface area contributed by atoms with Crippen LogP contribution in [0.3, 0.4) is 0 Å². The molecule has 0 radical (unpaired) electrons. The molecule has 0 bridgehead atoms. The second-order valence-corrected chi connectivity index (χ2v) is 7.01. The Morgan fingerprint density at radius 1 is 1.39 bits per heavy atom. The number of fused-ring (bicyclic) bond motifs is 1. The van der Waals surface area contributed by atoms with Crippen LogP contribution >= 0.6 is 0 Å². The molecule has 1 unspecified atom stereocenters. The van der Waals surface area contributed by atoms with E-state index in [1.54, 1.807) is 30.0 Å². The molecule has 1 aromatic carbocycles. The number of hydrogen-bond donors (Lipinski definition) is 2. The number of aryl methyl sites for hydroxylation is 1. The molecule has 2 aromatic heterocycles. The van der Waals surface area contributed by atoms with Gasteiger partial charge >= 0.3 is 6.03 Å². The highest BCUT2D eigenvalue weighted by Gasteiger charge is 2.27. The van der Waals surface area contributed by atoms with Crippen molar-refractivity contribution in [2.24, 2.45) is 13.0 Å². The normalized spacial score (nSPS) is 16.7. The van der Waals surface area contributed by atoms with Crippen molar-refractivity contribution in [3.8, 4) is 16.9 Å². The quantitative estimate of drug-likeness (QED) is 0.704. The van der Waals surface area contributed by atoms with E-state index >= 15 is 0 Å². The Kier molecular flexibility index (Phi) is 4.91. The number of rotatable bonds is 5. The van der Waals surface area contributed by atoms with Gasteiger partial charge in [0.1, 0.15) is 16.8 Å². The number of urea groups is 1. The average molecular weight is 384 g/mol. The summed E-state index contributed by atoms with van der Waals surface area (Å²) in [7, 11) is 5.16. The Morgan fingerprint density at radius 2 is 2.25 bits per heavy atom. The number of amides is 2. The maximum absolute atomic E-state index is 12.6. The molecule has 1 saturated heterocycles. The number of benzene rings is 1. The summed E-state index contributed by atoms with van der Waals surface area (Å²) in [6, 6.07) is 3.66. The summed E-state index contributed by atoms with van der Waals surface area (Å²) in [5.74, 6) is 1.44. The van der Waals surface area contributed by atoms with E-state index in [0.29, 0.717) is 37.3 Å². The van der Waals surface area contributed by atoms with E-state index in [1.807, 2.05) is 25.4 Å². The maximum atomic E-state index is 12.6. The van der Waals surface area contributed by atoms with E-state index in [-0.39, 0.29) is 6.03 Å². The molecule has 3 heterocycles. The van der Waals surface area contributed by atoms with E-state index in [2.05, 4.69) is 20.4 Å². The van der Waals surface area contributed by atoms with Gasteiger partial charge in [-0.1, -0.05) is 0 Å². The largest absolute Gasteiger partial charge is 0.494 e. The number of nitrogens with zero attached hydrogens (tertiary/aromatic N) is 4. The van der Waals surface area contributed by atoms with Gasteiger partial charge in [0.05, 0.1) is 19.9 Å². The van der Waals surface area contributed by atoms with Crippen molar-refractivity contribution in [1.29, 1.82) is 0 Å². The Hall–Kier alpha value is -3.07. The lowest BCUT2D eigenvalue weighted by Crippen LogP contribution is -2.33. The number of anilines is 1. The molecule has 0 spiro atoms. The lowest BCUT2D eigenvalue weighted by molar-refractivity contribution is 0.154. The first-order chi connectivity index (χ1) is 13.6. The van der Waals surface area contributed by atoms with Crippen LogP contribution in [0.2, 0.25) is 0 Å². The van der Waals surface area contributed by atoms with Crippen LogP contribution in [0.5, 0.6) is 5.75 Å². The maximum Gasteiger partial charge on any atom is 0.324 e. The Balaban J connectivity index is 1.61. The molecule has 0 aliphatic carbocycles. The second-order valence-electron chi connectivity index (χ2n) is 7.01. The molecular weight excluding hydrogens is 360 g/mol. The Morgan fingerprint density at radius 3 is 2.96 bits per heavy atom. The Labute approximate surface area is 162 Å². The van der Waals surface area contributed by atoms with Crippen LogP contribution in [0.1, 0.15) is 6.42 Å². The van der Waals surface area contributed by atoms with Gasteiger partial charge in [0.25, 0.3) is 0 Å². The number of ether oxygens (including phenoxy) is 2. The van der Waals surface area contributed by atoms with Crippen LogP contribution in [0.25, 0.3) is 22.2 Å². The lowest BCUT2D eigenvalue weighted by Gasteiger charge is -2.16. The zero-order chi connectivity index (χ0) is 19.7. The summed E-state index contributed by atoms with van der Waals surface area (Å²) in [5.41, 5.74) is 3.32. The van der Waals surface area contributed by atoms with Gasteiger partial charge in [-0.25, -0.2) is 9.78 Å². The molecule has 1 aliphatic rings. The molecule has 1 atom stereocenters. The molecule has 28 heavy (non-hydrogen) atoms. The van der Waals surface area contributed by atoms with Gasteiger partial charge in [-0.3, -0.25) is 10.00 Å². The number of nitrogens with one attached hydrogen (secondary N) is 2. The lowest BCUT2D eigenvalue weighted by atomic mass is 10.1. The van der Waals surface area contributed by atoms with Gasteiger partial charge in [-0.15, -0.1) is 0 Å².